The van der Waals surface area contributed by atoms with Crippen LogP contribution in [-0.4, -0.2) is 75.4 Å². The summed E-state index contributed by atoms with van der Waals surface area (Å²) in [5, 5.41) is 2.66. The highest BCUT2D eigenvalue weighted by molar-refractivity contribution is 7.89. The Hall–Kier alpha value is -2.23. The summed E-state index contributed by atoms with van der Waals surface area (Å²) in [5.74, 6) is -0.416. The lowest BCUT2D eigenvalue weighted by Crippen LogP contribution is -2.49. The first-order chi connectivity index (χ1) is 12.5. The Morgan fingerprint density at radius 3 is 2.46 bits per heavy atom. The predicted molar refractivity (Wildman–Crippen MR) is 94.6 cm³/mol. The number of hydrogen-bond donors (Lipinski definition) is 1. The molecule has 26 heavy (non-hydrogen) atoms. The van der Waals surface area contributed by atoms with Crippen molar-refractivity contribution in [1.82, 2.24) is 14.5 Å². The summed E-state index contributed by atoms with van der Waals surface area (Å²) in [4.78, 5) is 25.1. The number of hydrogen-bond acceptors (Lipinski definition) is 5. The number of rotatable bonds is 4. The maximum Gasteiger partial charge on any atom is 0.247 e. The fourth-order valence-corrected chi connectivity index (χ4v) is 4.19. The van der Waals surface area contributed by atoms with E-state index in [-0.39, 0.29) is 23.3 Å². The van der Waals surface area contributed by atoms with Gasteiger partial charge in [-0.1, -0.05) is 12.1 Å². The number of sulfonamides is 1. The van der Waals surface area contributed by atoms with Crippen LogP contribution < -0.4 is 5.32 Å². The van der Waals surface area contributed by atoms with Crippen molar-refractivity contribution in [1.29, 1.82) is 0 Å². The molecular formula is C17H21N3O5S. The van der Waals surface area contributed by atoms with Gasteiger partial charge in [0.05, 0.1) is 24.7 Å². The van der Waals surface area contributed by atoms with E-state index >= 15 is 0 Å². The van der Waals surface area contributed by atoms with E-state index in [1.165, 1.54) is 27.4 Å². The van der Waals surface area contributed by atoms with Crippen molar-refractivity contribution in [2.45, 2.75) is 4.90 Å². The van der Waals surface area contributed by atoms with Gasteiger partial charge in [-0.2, -0.15) is 4.31 Å². The summed E-state index contributed by atoms with van der Waals surface area (Å²) in [6.45, 7) is 2.48. The smallest absolute Gasteiger partial charge is 0.247 e. The summed E-state index contributed by atoms with van der Waals surface area (Å²) in [6, 6.07) is 6.37. The van der Waals surface area contributed by atoms with Crippen molar-refractivity contribution in [2.75, 3.05) is 45.9 Å². The topological polar surface area (TPSA) is 96.0 Å². The van der Waals surface area contributed by atoms with Crippen LogP contribution >= 0.6 is 0 Å². The standard InChI is InChI=1S/C17H21N3O5S/c21-16-13-19(8-7-18-16)17(22)6-3-14-1-4-15(5-2-14)26(23,24)20-9-11-25-12-10-20/h1-6H,7-13H2,(H,18,21). The van der Waals surface area contributed by atoms with Gasteiger partial charge in [-0.05, 0) is 23.8 Å². The number of benzene rings is 1. The van der Waals surface area contributed by atoms with Gasteiger partial charge in [0.2, 0.25) is 21.8 Å². The summed E-state index contributed by atoms with van der Waals surface area (Å²) in [5.41, 5.74) is 0.709. The first-order valence-corrected chi connectivity index (χ1v) is 9.82. The summed E-state index contributed by atoms with van der Waals surface area (Å²) < 4.78 is 31.7. The molecule has 9 heteroatoms. The van der Waals surface area contributed by atoms with E-state index in [0.29, 0.717) is 45.0 Å². The fourth-order valence-electron chi connectivity index (χ4n) is 2.79. The quantitative estimate of drug-likeness (QED) is 0.724. The molecule has 2 aliphatic heterocycles. The summed E-state index contributed by atoms with van der Waals surface area (Å²) in [6.07, 6.45) is 3.00. The largest absolute Gasteiger partial charge is 0.379 e. The molecule has 1 aromatic carbocycles. The number of morpholine rings is 1. The van der Waals surface area contributed by atoms with Crippen molar-refractivity contribution in [3.8, 4) is 0 Å². The molecule has 3 rings (SSSR count). The number of ether oxygens (including phenoxy) is 1. The average Bonchev–Trinajstić information content (AvgIpc) is 2.67. The van der Waals surface area contributed by atoms with E-state index in [0.717, 1.165) is 0 Å². The van der Waals surface area contributed by atoms with Crippen molar-refractivity contribution < 1.29 is 22.7 Å². The van der Waals surface area contributed by atoms with Crippen LogP contribution in [0, 0.1) is 0 Å². The summed E-state index contributed by atoms with van der Waals surface area (Å²) >= 11 is 0. The molecule has 1 aromatic rings. The normalized spacial score (nSPS) is 19.5. The maximum atomic E-state index is 12.6. The van der Waals surface area contributed by atoms with Gasteiger partial charge in [0, 0.05) is 32.3 Å². The number of carbonyl (C=O) groups excluding carboxylic acids is 2. The van der Waals surface area contributed by atoms with Crippen LogP contribution in [-0.2, 0) is 24.3 Å². The van der Waals surface area contributed by atoms with Gasteiger partial charge in [0.1, 0.15) is 0 Å². The monoisotopic (exact) mass is 379 g/mol. The van der Waals surface area contributed by atoms with Crippen LogP contribution in [0.25, 0.3) is 6.08 Å². The Bertz CT molecular complexity index is 798. The van der Waals surface area contributed by atoms with Crippen LogP contribution in [0.3, 0.4) is 0 Å². The van der Waals surface area contributed by atoms with E-state index < -0.39 is 10.0 Å². The minimum Gasteiger partial charge on any atom is -0.379 e. The van der Waals surface area contributed by atoms with Crippen LogP contribution in [0.2, 0.25) is 0 Å². The minimum atomic E-state index is -3.52. The molecule has 0 spiro atoms. The molecule has 2 aliphatic rings. The second kappa shape index (κ2) is 7.98. The second-order valence-electron chi connectivity index (χ2n) is 6.03. The summed E-state index contributed by atoms with van der Waals surface area (Å²) in [7, 11) is -3.52. The van der Waals surface area contributed by atoms with E-state index in [2.05, 4.69) is 5.32 Å². The maximum absolute atomic E-state index is 12.6. The number of piperazine rings is 1. The highest BCUT2D eigenvalue weighted by Gasteiger charge is 2.26. The highest BCUT2D eigenvalue weighted by atomic mass is 32.2. The molecular weight excluding hydrogens is 358 g/mol. The van der Waals surface area contributed by atoms with Gasteiger partial charge in [-0.3, -0.25) is 9.59 Å². The van der Waals surface area contributed by atoms with Gasteiger partial charge in [-0.15, -0.1) is 0 Å². The highest BCUT2D eigenvalue weighted by Crippen LogP contribution is 2.18. The molecule has 0 unspecified atom stereocenters. The predicted octanol–water partition coefficient (Wildman–Crippen LogP) is -0.321. The Morgan fingerprint density at radius 1 is 1.12 bits per heavy atom. The third-order valence-electron chi connectivity index (χ3n) is 4.26. The van der Waals surface area contributed by atoms with Crippen LogP contribution in [0.5, 0.6) is 0 Å². The number of nitrogens with zero attached hydrogens (tertiary/aromatic N) is 2. The van der Waals surface area contributed by atoms with Crippen LogP contribution in [0.4, 0.5) is 0 Å². The minimum absolute atomic E-state index is 0.0555. The molecule has 0 aliphatic carbocycles. The molecule has 2 amide bonds. The molecule has 0 aromatic heterocycles. The second-order valence-corrected chi connectivity index (χ2v) is 7.97. The van der Waals surface area contributed by atoms with E-state index in [4.69, 9.17) is 4.74 Å². The number of carbonyl (C=O) groups is 2. The van der Waals surface area contributed by atoms with Crippen molar-refractivity contribution in [3.63, 3.8) is 0 Å². The first-order valence-electron chi connectivity index (χ1n) is 8.38. The van der Waals surface area contributed by atoms with E-state index in [9.17, 15) is 18.0 Å². The molecule has 2 fully saturated rings. The molecule has 0 atom stereocenters. The van der Waals surface area contributed by atoms with Crippen LogP contribution in [0.15, 0.2) is 35.2 Å². The zero-order chi connectivity index (χ0) is 18.6. The number of nitrogens with one attached hydrogen (secondary N) is 1. The van der Waals surface area contributed by atoms with Gasteiger partial charge < -0.3 is 15.0 Å². The molecule has 2 heterocycles. The van der Waals surface area contributed by atoms with E-state index in [1.807, 2.05) is 0 Å². The Morgan fingerprint density at radius 2 is 1.81 bits per heavy atom. The third-order valence-corrected chi connectivity index (χ3v) is 6.17. The Labute approximate surface area is 152 Å². The van der Waals surface area contributed by atoms with Crippen LogP contribution in [0.1, 0.15) is 5.56 Å². The zero-order valence-electron chi connectivity index (χ0n) is 14.3. The van der Waals surface area contributed by atoms with Gasteiger partial charge >= 0.3 is 0 Å². The lowest BCUT2D eigenvalue weighted by molar-refractivity contribution is -0.134. The van der Waals surface area contributed by atoms with E-state index in [1.54, 1.807) is 18.2 Å². The zero-order valence-corrected chi connectivity index (χ0v) is 15.1. The van der Waals surface area contributed by atoms with Gasteiger partial charge in [-0.25, -0.2) is 8.42 Å². The molecule has 140 valence electrons. The van der Waals surface area contributed by atoms with Crippen molar-refractivity contribution >= 4 is 27.9 Å². The molecule has 2 saturated heterocycles. The molecule has 0 bridgehead atoms. The Kier molecular flexibility index (Phi) is 5.70. The fraction of sp³-hybridized carbons (Fsp3) is 0.412. The lowest BCUT2D eigenvalue weighted by atomic mass is 10.2. The third kappa shape index (κ3) is 4.29. The lowest BCUT2D eigenvalue weighted by Gasteiger charge is -2.26. The van der Waals surface area contributed by atoms with Crippen molar-refractivity contribution in [2.24, 2.45) is 0 Å². The SMILES string of the molecule is O=C1CN(C(=O)C=Cc2ccc(S(=O)(=O)N3CCOCC3)cc2)CCN1. The van der Waals surface area contributed by atoms with Crippen molar-refractivity contribution in [3.05, 3.63) is 35.9 Å². The molecule has 1 N–H and O–H groups in total. The molecule has 8 nitrogen and oxygen atoms in total. The first kappa shape index (κ1) is 18.6. The van der Waals surface area contributed by atoms with Gasteiger partial charge in [0.15, 0.2) is 0 Å². The number of amides is 2. The van der Waals surface area contributed by atoms with Gasteiger partial charge in [0.25, 0.3) is 0 Å². The average molecular weight is 379 g/mol. The Balaban J connectivity index is 1.65. The molecule has 0 radical (unpaired) electrons. The molecule has 0 saturated carbocycles.